The van der Waals surface area contributed by atoms with Crippen LogP contribution < -0.4 is 15.4 Å². The molecular formula is C29H34N8O4. The van der Waals surface area contributed by atoms with Crippen molar-refractivity contribution in [3.05, 3.63) is 66.9 Å². The zero-order chi connectivity index (χ0) is 28.8. The average Bonchev–Trinajstić information content (AvgIpc) is 3.62. The van der Waals surface area contributed by atoms with Crippen LogP contribution >= 0.6 is 0 Å². The Bertz CT molecular complexity index is 1530. The van der Waals surface area contributed by atoms with Crippen molar-refractivity contribution in [1.29, 1.82) is 0 Å². The van der Waals surface area contributed by atoms with Gasteiger partial charge in [0, 0.05) is 49.4 Å². The summed E-state index contributed by atoms with van der Waals surface area (Å²) < 4.78 is 9.54. The van der Waals surface area contributed by atoms with Gasteiger partial charge >= 0.3 is 0 Å². The Labute approximate surface area is 237 Å². The van der Waals surface area contributed by atoms with E-state index in [0.29, 0.717) is 49.5 Å². The minimum absolute atomic E-state index is 0.168. The lowest BCUT2D eigenvalue weighted by Crippen LogP contribution is -2.51. The standard InChI is InChI=1S/C29H34N8O4/c1-20(2)15-24-28(39)31-9-13-35-12-8-30-27(35)21-5-3-6-23(16-21)41-14-4-10-36(18-26(38)34-24)29(40)22-7-11-37-25(17-22)32-19-33-37/h3,5-8,11-12,16-17,19-20,24H,4,9-10,13-15,18H2,1-2H3,(H,31,39)(H,34,38)/t24-/m1/s1. The number of nitrogens with zero attached hydrogens (tertiary/aromatic N) is 6. The molecule has 1 aliphatic rings. The molecule has 1 atom stereocenters. The second-order valence-corrected chi connectivity index (χ2v) is 10.4. The second-order valence-electron chi connectivity index (χ2n) is 10.4. The maximum Gasteiger partial charge on any atom is 0.254 e. The molecule has 1 aliphatic heterocycles. The number of pyridine rings is 1. The van der Waals surface area contributed by atoms with E-state index >= 15 is 0 Å². The van der Waals surface area contributed by atoms with E-state index in [4.69, 9.17) is 4.74 Å². The Hall–Kier alpha value is -4.74. The summed E-state index contributed by atoms with van der Waals surface area (Å²) in [6.07, 6.45) is 7.61. The van der Waals surface area contributed by atoms with Gasteiger partial charge in [-0.05, 0) is 43.0 Å². The molecular weight excluding hydrogens is 524 g/mol. The number of fused-ring (bicyclic) bond motifs is 5. The molecule has 214 valence electrons. The van der Waals surface area contributed by atoms with Gasteiger partial charge in [-0.1, -0.05) is 26.0 Å². The first kappa shape index (κ1) is 27.8. The number of imidazole rings is 1. The molecule has 0 fully saturated rings. The third-order valence-electron chi connectivity index (χ3n) is 6.81. The van der Waals surface area contributed by atoms with Crippen LogP contribution in [-0.2, 0) is 16.1 Å². The molecule has 41 heavy (non-hydrogen) atoms. The summed E-state index contributed by atoms with van der Waals surface area (Å²) in [6, 6.07) is 10.2. The first-order valence-electron chi connectivity index (χ1n) is 13.8. The van der Waals surface area contributed by atoms with Crippen molar-refractivity contribution in [2.45, 2.75) is 39.3 Å². The number of benzene rings is 1. The summed E-state index contributed by atoms with van der Waals surface area (Å²) >= 11 is 0. The van der Waals surface area contributed by atoms with E-state index in [9.17, 15) is 14.4 Å². The zero-order valence-corrected chi connectivity index (χ0v) is 23.2. The van der Waals surface area contributed by atoms with E-state index in [0.717, 1.165) is 11.4 Å². The molecule has 0 aliphatic carbocycles. The number of carbonyl (C=O) groups is 3. The average molecular weight is 559 g/mol. The van der Waals surface area contributed by atoms with Crippen molar-refractivity contribution < 1.29 is 19.1 Å². The van der Waals surface area contributed by atoms with E-state index in [2.05, 4.69) is 25.7 Å². The van der Waals surface area contributed by atoms with Gasteiger partial charge in [0.2, 0.25) is 11.8 Å². The number of amides is 3. The Morgan fingerprint density at radius 1 is 1.12 bits per heavy atom. The lowest BCUT2D eigenvalue weighted by Gasteiger charge is -2.25. The molecule has 12 nitrogen and oxygen atoms in total. The lowest BCUT2D eigenvalue weighted by molar-refractivity contribution is -0.129. The van der Waals surface area contributed by atoms with Crippen LogP contribution in [0.4, 0.5) is 0 Å². The lowest BCUT2D eigenvalue weighted by atomic mass is 10.0. The van der Waals surface area contributed by atoms with Crippen molar-refractivity contribution in [3.8, 4) is 17.1 Å². The normalized spacial score (nSPS) is 17.2. The Balaban J connectivity index is 1.40. The molecule has 0 unspecified atom stereocenters. The van der Waals surface area contributed by atoms with E-state index < -0.39 is 11.9 Å². The van der Waals surface area contributed by atoms with E-state index in [-0.39, 0.29) is 30.8 Å². The summed E-state index contributed by atoms with van der Waals surface area (Å²) in [6.45, 7) is 5.26. The van der Waals surface area contributed by atoms with Gasteiger partial charge in [-0.25, -0.2) is 14.5 Å². The number of aromatic nitrogens is 5. The highest BCUT2D eigenvalue weighted by atomic mass is 16.5. The molecule has 0 saturated carbocycles. The quantitative estimate of drug-likeness (QED) is 0.393. The van der Waals surface area contributed by atoms with Crippen LogP contribution in [0.15, 0.2) is 61.3 Å². The fourth-order valence-corrected chi connectivity index (χ4v) is 4.84. The Kier molecular flexibility index (Phi) is 8.56. The van der Waals surface area contributed by atoms with Crippen LogP contribution in [0.2, 0.25) is 0 Å². The van der Waals surface area contributed by atoms with Gasteiger partial charge < -0.3 is 24.8 Å². The molecule has 2 bridgehead atoms. The van der Waals surface area contributed by atoms with Crippen LogP contribution in [0.1, 0.15) is 37.0 Å². The number of hydrogen-bond donors (Lipinski definition) is 2. The highest BCUT2D eigenvalue weighted by Gasteiger charge is 2.25. The summed E-state index contributed by atoms with van der Waals surface area (Å²) in [5.41, 5.74) is 1.81. The number of ether oxygens (including phenoxy) is 1. The van der Waals surface area contributed by atoms with Crippen molar-refractivity contribution in [2.24, 2.45) is 5.92 Å². The first-order chi connectivity index (χ1) is 19.9. The predicted molar refractivity (Wildman–Crippen MR) is 151 cm³/mol. The van der Waals surface area contributed by atoms with Gasteiger partial charge in [0.1, 0.15) is 23.9 Å². The van der Waals surface area contributed by atoms with Gasteiger partial charge in [-0.2, -0.15) is 5.10 Å². The maximum atomic E-state index is 13.6. The molecule has 5 rings (SSSR count). The Morgan fingerprint density at radius 3 is 2.85 bits per heavy atom. The smallest absolute Gasteiger partial charge is 0.254 e. The summed E-state index contributed by atoms with van der Waals surface area (Å²) in [7, 11) is 0. The molecule has 3 amide bonds. The zero-order valence-electron chi connectivity index (χ0n) is 23.2. The largest absolute Gasteiger partial charge is 0.494 e. The third-order valence-corrected chi connectivity index (χ3v) is 6.81. The van der Waals surface area contributed by atoms with Crippen LogP contribution in [0, 0.1) is 5.92 Å². The SMILES string of the molecule is CC(C)C[C@H]1NC(=O)CN(C(=O)c2ccn3ncnc3c2)CCCOc2cccc(c2)-c2nccn2CCNC1=O. The molecule has 2 N–H and O–H groups in total. The van der Waals surface area contributed by atoms with Gasteiger partial charge in [0.25, 0.3) is 5.91 Å². The molecule has 12 heteroatoms. The number of nitrogens with one attached hydrogen (secondary N) is 2. The van der Waals surface area contributed by atoms with Crippen molar-refractivity contribution >= 4 is 23.4 Å². The number of hydrogen-bond acceptors (Lipinski definition) is 7. The van der Waals surface area contributed by atoms with Gasteiger partial charge in [-0.3, -0.25) is 14.4 Å². The number of rotatable bonds is 3. The second kappa shape index (κ2) is 12.6. The monoisotopic (exact) mass is 558 g/mol. The minimum Gasteiger partial charge on any atom is -0.494 e. The molecule has 0 saturated heterocycles. The van der Waals surface area contributed by atoms with E-state index in [1.807, 2.05) is 48.9 Å². The fourth-order valence-electron chi connectivity index (χ4n) is 4.84. The van der Waals surface area contributed by atoms with Crippen LogP contribution in [0.25, 0.3) is 17.0 Å². The topological polar surface area (TPSA) is 136 Å². The fraction of sp³-hybridized carbons (Fsp3) is 0.379. The van der Waals surface area contributed by atoms with Crippen molar-refractivity contribution in [2.75, 3.05) is 26.2 Å². The van der Waals surface area contributed by atoms with Crippen LogP contribution in [-0.4, -0.2) is 79.1 Å². The van der Waals surface area contributed by atoms with Gasteiger partial charge in [0.15, 0.2) is 5.65 Å². The summed E-state index contributed by atoms with van der Waals surface area (Å²) in [5.74, 6) is 0.616. The maximum absolute atomic E-state index is 13.6. The van der Waals surface area contributed by atoms with E-state index in [1.165, 1.54) is 11.2 Å². The molecule has 4 aromatic rings. The highest BCUT2D eigenvalue weighted by molar-refractivity contribution is 5.97. The molecule has 4 heterocycles. The van der Waals surface area contributed by atoms with E-state index in [1.54, 1.807) is 29.0 Å². The molecule has 1 aromatic carbocycles. The Morgan fingerprint density at radius 2 is 2.00 bits per heavy atom. The van der Waals surface area contributed by atoms with Crippen LogP contribution in [0.5, 0.6) is 5.75 Å². The molecule has 0 spiro atoms. The summed E-state index contributed by atoms with van der Waals surface area (Å²) in [5, 5.41) is 9.89. The minimum atomic E-state index is -0.729. The van der Waals surface area contributed by atoms with Crippen molar-refractivity contribution in [1.82, 2.24) is 39.7 Å². The molecule has 3 aromatic heterocycles. The first-order valence-corrected chi connectivity index (χ1v) is 13.8. The van der Waals surface area contributed by atoms with Gasteiger partial charge in [0.05, 0.1) is 13.2 Å². The summed E-state index contributed by atoms with van der Waals surface area (Å²) in [4.78, 5) is 50.1. The third kappa shape index (κ3) is 6.89. The van der Waals surface area contributed by atoms with Crippen molar-refractivity contribution in [3.63, 3.8) is 0 Å². The predicted octanol–water partition coefficient (Wildman–Crippen LogP) is 2.16. The molecule has 0 radical (unpaired) electrons. The highest BCUT2D eigenvalue weighted by Crippen LogP contribution is 2.23. The van der Waals surface area contributed by atoms with Crippen LogP contribution in [0.3, 0.4) is 0 Å². The van der Waals surface area contributed by atoms with Gasteiger partial charge in [-0.15, -0.1) is 0 Å². The number of carbonyl (C=O) groups excluding carboxylic acids is 3.